The quantitative estimate of drug-likeness (QED) is 0.911. The Morgan fingerprint density at radius 1 is 1.38 bits per heavy atom. The molecule has 21 heavy (non-hydrogen) atoms. The molecule has 1 aromatic carbocycles. The van der Waals surface area contributed by atoms with Crippen LogP contribution < -0.4 is 10.6 Å². The molecule has 2 aromatic rings. The lowest BCUT2D eigenvalue weighted by molar-refractivity contribution is 0.364. The van der Waals surface area contributed by atoms with Gasteiger partial charge in [-0.25, -0.2) is 0 Å². The molecule has 5 heteroatoms. The van der Waals surface area contributed by atoms with E-state index in [0.717, 1.165) is 42.5 Å². The predicted octanol–water partition coefficient (Wildman–Crippen LogP) is 2.07. The molecule has 5 nitrogen and oxygen atoms in total. The fraction of sp³-hybridized carbons (Fsp3) is 0.438. The van der Waals surface area contributed by atoms with Crippen molar-refractivity contribution in [3.05, 3.63) is 30.0 Å². The molecule has 2 N–H and O–H groups in total. The predicted molar refractivity (Wildman–Crippen MR) is 82.8 cm³/mol. The standard InChI is InChI=1S/C16H19N5/c1-11(18)12-5-4-8-21(10-12)16-13-6-2-3-7-14(13)19-20-15(16)9-17/h2-3,6-7,11-12H,4-5,8,10,18H2,1H3. The van der Waals surface area contributed by atoms with E-state index < -0.39 is 0 Å². The van der Waals surface area contributed by atoms with Gasteiger partial charge in [0.25, 0.3) is 0 Å². The van der Waals surface area contributed by atoms with Crippen LogP contribution in [0.25, 0.3) is 10.9 Å². The summed E-state index contributed by atoms with van der Waals surface area (Å²) >= 11 is 0. The Hall–Kier alpha value is -2.19. The minimum atomic E-state index is 0.166. The van der Waals surface area contributed by atoms with Gasteiger partial charge in [0, 0.05) is 24.5 Å². The Labute approximate surface area is 124 Å². The number of hydrogen-bond donors (Lipinski definition) is 1. The summed E-state index contributed by atoms with van der Waals surface area (Å²) in [7, 11) is 0. The summed E-state index contributed by atoms with van der Waals surface area (Å²) in [4.78, 5) is 2.26. The number of rotatable bonds is 2. The van der Waals surface area contributed by atoms with Gasteiger partial charge in [0.2, 0.25) is 0 Å². The number of aromatic nitrogens is 2. The van der Waals surface area contributed by atoms with Gasteiger partial charge in [0.15, 0.2) is 5.69 Å². The van der Waals surface area contributed by atoms with Gasteiger partial charge in [-0.2, -0.15) is 5.26 Å². The first-order chi connectivity index (χ1) is 10.2. The van der Waals surface area contributed by atoms with Gasteiger partial charge >= 0.3 is 0 Å². The summed E-state index contributed by atoms with van der Waals surface area (Å²) in [6, 6.07) is 10.2. The van der Waals surface area contributed by atoms with E-state index in [9.17, 15) is 5.26 Å². The van der Waals surface area contributed by atoms with Gasteiger partial charge in [-0.1, -0.05) is 18.2 Å². The highest BCUT2D eigenvalue weighted by Crippen LogP contribution is 2.31. The summed E-state index contributed by atoms with van der Waals surface area (Å²) in [5, 5.41) is 18.6. The maximum atomic E-state index is 9.38. The summed E-state index contributed by atoms with van der Waals surface area (Å²) in [5.41, 5.74) is 8.21. The second-order valence-electron chi connectivity index (χ2n) is 5.73. The molecule has 1 aromatic heterocycles. The van der Waals surface area contributed by atoms with Crippen LogP contribution >= 0.6 is 0 Å². The van der Waals surface area contributed by atoms with Crippen molar-refractivity contribution in [2.45, 2.75) is 25.8 Å². The maximum absolute atomic E-state index is 9.38. The fourth-order valence-corrected chi connectivity index (χ4v) is 3.08. The van der Waals surface area contributed by atoms with E-state index in [0.29, 0.717) is 11.6 Å². The Bertz CT molecular complexity index is 689. The first kappa shape index (κ1) is 13.8. The van der Waals surface area contributed by atoms with Gasteiger partial charge in [0.1, 0.15) is 6.07 Å². The molecule has 108 valence electrons. The summed E-state index contributed by atoms with van der Waals surface area (Å²) < 4.78 is 0. The van der Waals surface area contributed by atoms with Crippen LogP contribution in [0, 0.1) is 17.2 Å². The van der Waals surface area contributed by atoms with E-state index in [1.165, 1.54) is 0 Å². The highest BCUT2D eigenvalue weighted by molar-refractivity contribution is 5.93. The van der Waals surface area contributed by atoms with Gasteiger partial charge in [-0.3, -0.25) is 0 Å². The van der Waals surface area contributed by atoms with Crippen molar-refractivity contribution < 1.29 is 0 Å². The maximum Gasteiger partial charge on any atom is 0.187 e. The van der Waals surface area contributed by atoms with Gasteiger partial charge in [0.05, 0.1) is 11.2 Å². The van der Waals surface area contributed by atoms with E-state index in [-0.39, 0.29) is 6.04 Å². The lowest BCUT2D eigenvalue weighted by Gasteiger charge is -2.36. The molecule has 0 amide bonds. The monoisotopic (exact) mass is 281 g/mol. The van der Waals surface area contributed by atoms with E-state index in [2.05, 4.69) is 28.1 Å². The number of piperidine rings is 1. The van der Waals surface area contributed by atoms with Gasteiger partial charge < -0.3 is 10.6 Å². The molecule has 2 atom stereocenters. The third-order valence-electron chi connectivity index (χ3n) is 4.26. The normalized spacial score (nSPS) is 20.2. The molecule has 1 fully saturated rings. The average Bonchev–Trinajstić information content (AvgIpc) is 2.53. The van der Waals surface area contributed by atoms with Gasteiger partial charge in [-0.05, 0) is 31.7 Å². The number of anilines is 1. The largest absolute Gasteiger partial charge is 0.368 e. The van der Waals surface area contributed by atoms with E-state index >= 15 is 0 Å². The zero-order chi connectivity index (χ0) is 14.8. The number of nitriles is 1. The minimum Gasteiger partial charge on any atom is -0.368 e. The van der Waals surface area contributed by atoms with Crippen LogP contribution in [0.2, 0.25) is 0 Å². The molecule has 1 aliphatic rings. The average molecular weight is 281 g/mol. The molecule has 3 rings (SSSR count). The van der Waals surface area contributed by atoms with E-state index in [1.54, 1.807) is 0 Å². The minimum absolute atomic E-state index is 0.166. The number of nitrogens with zero attached hydrogens (tertiary/aromatic N) is 4. The number of benzene rings is 1. The van der Waals surface area contributed by atoms with Crippen molar-refractivity contribution in [2.24, 2.45) is 11.7 Å². The smallest absolute Gasteiger partial charge is 0.187 e. The van der Waals surface area contributed by atoms with Gasteiger partial charge in [-0.15, -0.1) is 10.2 Å². The van der Waals surface area contributed by atoms with Crippen molar-refractivity contribution in [1.82, 2.24) is 10.2 Å². The van der Waals surface area contributed by atoms with Crippen LogP contribution in [0.3, 0.4) is 0 Å². The van der Waals surface area contributed by atoms with Crippen molar-refractivity contribution >= 4 is 16.6 Å². The number of nitrogens with two attached hydrogens (primary N) is 1. The van der Waals surface area contributed by atoms with Crippen LogP contribution in [0.15, 0.2) is 24.3 Å². The topological polar surface area (TPSA) is 78.8 Å². The molecule has 0 saturated carbocycles. The van der Waals surface area contributed by atoms with Crippen molar-refractivity contribution in [2.75, 3.05) is 18.0 Å². The summed E-state index contributed by atoms with van der Waals surface area (Å²) in [6.45, 7) is 3.87. The van der Waals surface area contributed by atoms with Crippen LogP contribution in [0.4, 0.5) is 5.69 Å². The molecule has 0 spiro atoms. The Balaban J connectivity index is 2.08. The first-order valence-corrected chi connectivity index (χ1v) is 7.36. The number of fused-ring (bicyclic) bond motifs is 1. The first-order valence-electron chi connectivity index (χ1n) is 7.36. The van der Waals surface area contributed by atoms with Crippen molar-refractivity contribution in [3.63, 3.8) is 0 Å². The zero-order valence-electron chi connectivity index (χ0n) is 12.2. The zero-order valence-corrected chi connectivity index (χ0v) is 12.2. The molecule has 1 saturated heterocycles. The van der Waals surface area contributed by atoms with Crippen LogP contribution in [0.1, 0.15) is 25.5 Å². The molecule has 0 aliphatic carbocycles. The van der Waals surface area contributed by atoms with Crippen LogP contribution in [-0.4, -0.2) is 29.3 Å². The molecule has 1 aliphatic heterocycles. The Kier molecular flexibility index (Phi) is 3.72. The molecular formula is C16H19N5. The molecule has 2 heterocycles. The third-order valence-corrected chi connectivity index (χ3v) is 4.26. The van der Waals surface area contributed by atoms with Crippen LogP contribution in [0.5, 0.6) is 0 Å². The molecular weight excluding hydrogens is 262 g/mol. The third kappa shape index (κ3) is 2.55. The fourth-order valence-electron chi connectivity index (χ4n) is 3.08. The highest BCUT2D eigenvalue weighted by Gasteiger charge is 2.26. The Morgan fingerprint density at radius 3 is 2.95 bits per heavy atom. The van der Waals surface area contributed by atoms with Crippen LogP contribution in [-0.2, 0) is 0 Å². The summed E-state index contributed by atoms with van der Waals surface area (Å²) in [6.07, 6.45) is 2.24. The molecule has 0 bridgehead atoms. The summed E-state index contributed by atoms with van der Waals surface area (Å²) in [5.74, 6) is 0.456. The lowest BCUT2D eigenvalue weighted by Crippen LogP contribution is -2.42. The van der Waals surface area contributed by atoms with E-state index in [1.807, 2.05) is 24.3 Å². The lowest BCUT2D eigenvalue weighted by atomic mass is 9.91. The second-order valence-corrected chi connectivity index (χ2v) is 5.73. The van der Waals surface area contributed by atoms with Crippen molar-refractivity contribution in [1.29, 1.82) is 5.26 Å². The SMILES string of the molecule is CC(N)C1CCCN(c2c(C#N)nnc3ccccc23)C1. The number of hydrogen-bond acceptors (Lipinski definition) is 5. The molecule has 2 unspecified atom stereocenters. The van der Waals surface area contributed by atoms with E-state index in [4.69, 9.17) is 5.73 Å². The Morgan fingerprint density at radius 2 is 2.19 bits per heavy atom. The second kappa shape index (κ2) is 5.66. The molecule has 0 radical (unpaired) electrons. The highest BCUT2D eigenvalue weighted by atomic mass is 15.2. The van der Waals surface area contributed by atoms with Crippen molar-refractivity contribution in [3.8, 4) is 6.07 Å².